The van der Waals surface area contributed by atoms with Gasteiger partial charge in [-0.05, 0) is 42.9 Å². The average Bonchev–Trinajstić information content (AvgIpc) is 2.36. The molecule has 0 unspecified atom stereocenters. The van der Waals surface area contributed by atoms with Gasteiger partial charge in [-0.25, -0.2) is 4.79 Å². The molecule has 0 aliphatic heterocycles. The quantitative estimate of drug-likeness (QED) is 0.741. The minimum atomic E-state index is -0.339. The highest BCUT2D eigenvalue weighted by molar-refractivity contribution is 5.65. The number of carbonyl (C=O) groups is 1. The van der Waals surface area contributed by atoms with Crippen LogP contribution >= 0.6 is 0 Å². The van der Waals surface area contributed by atoms with Gasteiger partial charge in [0.15, 0.2) is 0 Å². The molecule has 0 saturated carbocycles. The molecule has 1 heterocycles. The Hall–Kier alpha value is -1.84. The lowest BCUT2D eigenvalue weighted by Gasteiger charge is -2.09. The van der Waals surface area contributed by atoms with Gasteiger partial charge in [0.1, 0.15) is 0 Å². The molecule has 0 aliphatic carbocycles. The Morgan fingerprint density at radius 1 is 1.47 bits per heavy atom. The minimum Gasteiger partial charge on any atom is -0.466 e. The molecule has 104 valence electrons. The highest BCUT2D eigenvalue weighted by atomic mass is 16.5. The Morgan fingerprint density at radius 3 is 2.84 bits per heavy atom. The van der Waals surface area contributed by atoms with Crippen LogP contribution in [0.15, 0.2) is 33.7 Å². The second-order valence-corrected chi connectivity index (χ2v) is 4.71. The molecule has 0 aromatic carbocycles. The number of hydrogen-bond donors (Lipinski definition) is 0. The second kappa shape index (κ2) is 7.56. The molecule has 0 fully saturated rings. The van der Waals surface area contributed by atoms with Gasteiger partial charge in [-0.2, -0.15) is 0 Å². The van der Waals surface area contributed by atoms with E-state index in [1.54, 1.807) is 6.07 Å². The zero-order valence-electron chi connectivity index (χ0n) is 11.6. The zero-order valence-corrected chi connectivity index (χ0v) is 11.6. The van der Waals surface area contributed by atoms with Crippen LogP contribution in [-0.4, -0.2) is 12.6 Å². The van der Waals surface area contributed by atoms with Crippen molar-refractivity contribution in [1.82, 2.24) is 0 Å². The lowest BCUT2D eigenvalue weighted by atomic mass is 10.0. The summed E-state index contributed by atoms with van der Waals surface area (Å²) >= 11 is 0. The van der Waals surface area contributed by atoms with Crippen LogP contribution in [0.4, 0.5) is 0 Å². The number of esters is 1. The maximum absolute atomic E-state index is 11.1. The first-order chi connectivity index (χ1) is 8.99. The summed E-state index contributed by atoms with van der Waals surface area (Å²) < 4.78 is 9.63. The van der Waals surface area contributed by atoms with Gasteiger partial charge >= 0.3 is 11.6 Å². The largest absolute Gasteiger partial charge is 0.466 e. The van der Waals surface area contributed by atoms with Crippen molar-refractivity contribution in [3.8, 4) is 0 Å². The van der Waals surface area contributed by atoms with Crippen LogP contribution in [0.3, 0.4) is 0 Å². The second-order valence-electron chi connectivity index (χ2n) is 4.71. The lowest BCUT2D eigenvalue weighted by Crippen LogP contribution is -2.08. The summed E-state index contributed by atoms with van der Waals surface area (Å²) in [5.41, 5.74) is 1.59. The molecule has 4 nitrogen and oxygen atoms in total. The highest BCUT2D eigenvalue weighted by Gasteiger charge is 2.04. The Morgan fingerprint density at radius 2 is 2.21 bits per heavy atom. The monoisotopic (exact) mass is 264 g/mol. The van der Waals surface area contributed by atoms with E-state index in [1.165, 1.54) is 19.3 Å². The van der Waals surface area contributed by atoms with Crippen molar-refractivity contribution in [3.63, 3.8) is 0 Å². The number of allylic oxidation sites excluding steroid dienone is 2. The van der Waals surface area contributed by atoms with Gasteiger partial charge in [-0.1, -0.05) is 13.0 Å². The Bertz CT molecular complexity index is 499. The van der Waals surface area contributed by atoms with Crippen LogP contribution in [0, 0.1) is 5.92 Å². The Labute approximate surface area is 113 Å². The Kier molecular flexibility index (Phi) is 6.06. The smallest absolute Gasteiger partial charge is 0.336 e. The topological polar surface area (TPSA) is 56.5 Å². The molecule has 1 rings (SSSR count). The van der Waals surface area contributed by atoms with E-state index >= 15 is 0 Å². The van der Waals surface area contributed by atoms with Crippen LogP contribution in [0.1, 0.15) is 39.2 Å². The van der Waals surface area contributed by atoms with E-state index in [9.17, 15) is 9.59 Å². The van der Waals surface area contributed by atoms with E-state index < -0.39 is 0 Å². The Balaban J connectivity index is 2.44. The molecule has 0 bridgehead atoms. The molecule has 1 aromatic heterocycles. The standard InChI is InChI=1S/C15H20O4/c1-11(10-19-13(3)16)5-4-6-12(2)14-7-8-18-15(17)9-14/h6-9,11H,4-5,10H2,1-3H3/b12-6+/t11-/m0/s1. The maximum atomic E-state index is 11.1. The first kappa shape index (κ1) is 15.2. The highest BCUT2D eigenvalue weighted by Crippen LogP contribution is 2.15. The van der Waals surface area contributed by atoms with Crippen LogP contribution in [0.25, 0.3) is 5.57 Å². The predicted molar refractivity (Wildman–Crippen MR) is 73.7 cm³/mol. The summed E-state index contributed by atoms with van der Waals surface area (Å²) in [6, 6.07) is 3.25. The van der Waals surface area contributed by atoms with Gasteiger partial charge in [0.2, 0.25) is 0 Å². The van der Waals surface area contributed by atoms with Gasteiger partial charge in [-0.3, -0.25) is 4.79 Å². The summed E-state index contributed by atoms with van der Waals surface area (Å²) in [6.07, 6.45) is 5.30. The number of carbonyl (C=O) groups excluding carboxylic acids is 1. The summed E-state index contributed by atoms with van der Waals surface area (Å²) in [4.78, 5) is 21.8. The van der Waals surface area contributed by atoms with Crippen molar-refractivity contribution in [3.05, 3.63) is 40.5 Å². The molecule has 19 heavy (non-hydrogen) atoms. The summed E-state index contributed by atoms with van der Waals surface area (Å²) in [5, 5.41) is 0. The molecule has 0 radical (unpaired) electrons. The first-order valence-corrected chi connectivity index (χ1v) is 6.38. The number of rotatable bonds is 6. The van der Waals surface area contributed by atoms with Crippen LogP contribution in [-0.2, 0) is 9.53 Å². The first-order valence-electron chi connectivity index (χ1n) is 6.38. The molecule has 0 N–H and O–H groups in total. The summed E-state index contributed by atoms with van der Waals surface area (Å²) in [6.45, 7) is 5.88. The van der Waals surface area contributed by atoms with Gasteiger partial charge in [0, 0.05) is 13.0 Å². The van der Waals surface area contributed by atoms with Gasteiger partial charge < -0.3 is 9.15 Å². The molecule has 0 aliphatic rings. The van der Waals surface area contributed by atoms with E-state index in [4.69, 9.17) is 4.74 Å². The van der Waals surface area contributed by atoms with E-state index in [1.807, 2.05) is 13.8 Å². The molecule has 0 saturated heterocycles. The lowest BCUT2D eigenvalue weighted by molar-refractivity contribution is -0.142. The van der Waals surface area contributed by atoms with Crippen LogP contribution < -0.4 is 5.63 Å². The third kappa shape index (κ3) is 6.04. The van der Waals surface area contributed by atoms with Gasteiger partial charge in [0.25, 0.3) is 0 Å². The van der Waals surface area contributed by atoms with Crippen molar-refractivity contribution < 1.29 is 13.9 Å². The molecule has 0 spiro atoms. The zero-order chi connectivity index (χ0) is 14.3. The van der Waals surface area contributed by atoms with Crippen LogP contribution in [0.5, 0.6) is 0 Å². The predicted octanol–water partition coefficient (Wildman–Crippen LogP) is 3.02. The molecule has 4 heteroatoms. The third-order valence-corrected chi connectivity index (χ3v) is 2.84. The van der Waals surface area contributed by atoms with E-state index in [0.29, 0.717) is 12.5 Å². The number of ether oxygens (including phenoxy) is 1. The van der Waals surface area contributed by atoms with Crippen molar-refractivity contribution in [2.24, 2.45) is 5.92 Å². The minimum absolute atomic E-state index is 0.241. The van der Waals surface area contributed by atoms with E-state index in [-0.39, 0.29) is 11.6 Å². The SMILES string of the molecule is CC(=O)OC[C@@H](C)CC/C=C(\C)c1ccoc(=O)c1. The van der Waals surface area contributed by atoms with Crippen molar-refractivity contribution in [1.29, 1.82) is 0 Å². The fourth-order valence-electron chi connectivity index (χ4n) is 1.67. The molecule has 1 aromatic rings. The summed E-state index contributed by atoms with van der Waals surface area (Å²) in [5.74, 6) is 0.0865. The summed E-state index contributed by atoms with van der Waals surface area (Å²) in [7, 11) is 0. The molecule has 1 atom stereocenters. The van der Waals surface area contributed by atoms with Gasteiger partial charge in [-0.15, -0.1) is 0 Å². The molecule has 0 amide bonds. The fourth-order valence-corrected chi connectivity index (χ4v) is 1.67. The van der Waals surface area contributed by atoms with E-state index in [2.05, 4.69) is 10.5 Å². The van der Waals surface area contributed by atoms with E-state index in [0.717, 1.165) is 24.0 Å². The average molecular weight is 264 g/mol. The third-order valence-electron chi connectivity index (χ3n) is 2.84. The molecular formula is C15H20O4. The maximum Gasteiger partial charge on any atom is 0.336 e. The van der Waals surface area contributed by atoms with Crippen molar-refractivity contribution in [2.45, 2.75) is 33.6 Å². The van der Waals surface area contributed by atoms with Gasteiger partial charge in [0.05, 0.1) is 12.9 Å². The normalized spacial score (nSPS) is 13.1. The number of hydrogen-bond acceptors (Lipinski definition) is 4. The van der Waals surface area contributed by atoms with Crippen molar-refractivity contribution >= 4 is 11.5 Å². The fraction of sp³-hybridized carbons (Fsp3) is 0.467. The molecular weight excluding hydrogens is 244 g/mol. The van der Waals surface area contributed by atoms with Crippen LogP contribution in [0.2, 0.25) is 0 Å². The van der Waals surface area contributed by atoms with Crippen molar-refractivity contribution in [2.75, 3.05) is 6.61 Å².